The molecule has 1 N–H and O–H groups in total. The Bertz CT molecular complexity index is 1160. The zero-order chi connectivity index (χ0) is 25.7. The number of methoxy groups -OCH3 is 2. The van der Waals surface area contributed by atoms with Crippen LogP contribution in [-0.2, 0) is 4.79 Å². The van der Waals surface area contributed by atoms with Gasteiger partial charge in [0.05, 0.1) is 20.5 Å². The van der Waals surface area contributed by atoms with Crippen LogP contribution in [0.3, 0.4) is 0 Å². The summed E-state index contributed by atoms with van der Waals surface area (Å²) in [5.41, 5.74) is 2.24. The number of nitrogens with zero attached hydrogens (tertiary/aromatic N) is 1. The van der Waals surface area contributed by atoms with Crippen LogP contribution in [0.1, 0.15) is 73.2 Å². The Hall–Kier alpha value is -3.74. The Labute approximate surface area is 212 Å². The number of amides is 2. The second kappa shape index (κ2) is 11.3. The smallest absolute Gasteiger partial charge is 0.294 e. The van der Waals surface area contributed by atoms with Crippen LogP contribution in [0.15, 0.2) is 65.3 Å². The van der Waals surface area contributed by atoms with Crippen molar-refractivity contribution in [3.8, 4) is 11.5 Å². The largest absolute Gasteiger partial charge is 0.493 e. The summed E-state index contributed by atoms with van der Waals surface area (Å²) in [6.45, 7) is 4.22. The molecule has 3 aromatic rings. The molecule has 1 saturated carbocycles. The topological polar surface area (TPSA) is 81.0 Å². The minimum absolute atomic E-state index is 0.0699. The highest BCUT2D eigenvalue weighted by atomic mass is 16.5. The molecule has 1 atom stereocenters. The van der Waals surface area contributed by atoms with E-state index in [4.69, 9.17) is 13.9 Å². The maximum Gasteiger partial charge on any atom is 0.294 e. The van der Waals surface area contributed by atoms with Crippen molar-refractivity contribution in [1.29, 1.82) is 0 Å². The van der Waals surface area contributed by atoms with E-state index < -0.39 is 11.9 Å². The lowest BCUT2D eigenvalue weighted by molar-refractivity contribution is -0.123. The summed E-state index contributed by atoms with van der Waals surface area (Å²) >= 11 is 0. The summed E-state index contributed by atoms with van der Waals surface area (Å²) in [5.74, 6) is 0.656. The van der Waals surface area contributed by atoms with Gasteiger partial charge in [-0.3, -0.25) is 14.5 Å². The number of carbonyl (C=O) groups is 2. The molecular weight excluding hydrogens is 456 g/mol. The molecule has 0 bridgehead atoms. The van der Waals surface area contributed by atoms with Gasteiger partial charge in [0.1, 0.15) is 6.04 Å². The molecule has 0 aliphatic heterocycles. The maximum atomic E-state index is 14.0. The normalized spacial score (nSPS) is 14.5. The Morgan fingerprint density at radius 2 is 1.69 bits per heavy atom. The molecule has 0 saturated heterocycles. The number of para-hydroxylation sites is 1. The number of benzene rings is 2. The van der Waals surface area contributed by atoms with Crippen molar-refractivity contribution in [3.05, 3.63) is 77.7 Å². The van der Waals surface area contributed by atoms with Crippen molar-refractivity contribution in [3.63, 3.8) is 0 Å². The van der Waals surface area contributed by atoms with E-state index >= 15 is 0 Å². The van der Waals surface area contributed by atoms with E-state index in [0.29, 0.717) is 28.7 Å². The molecule has 7 nitrogen and oxygen atoms in total. The predicted octanol–water partition coefficient (Wildman–Crippen LogP) is 5.87. The average Bonchev–Trinajstić information content (AvgIpc) is 3.61. The Kier molecular flexibility index (Phi) is 7.98. The first-order chi connectivity index (χ1) is 17.4. The van der Waals surface area contributed by atoms with Crippen molar-refractivity contribution in [2.45, 2.75) is 57.5 Å². The van der Waals surface area contributed by atoms with E-state index in [1.807, 2.05) is 24.3 Å². The van der Waals surface area contributed by atoms with Gasteiger partial charge in [-0.2, -0.15) is 0 Å². The van der Waals surface area contributed by atoms with Gasteiger partial charge in [0.2, 0.25) is 5.91 Å². The van der Waals surface area contributed by atoms with E-state index in [0.717, 1.165) is 31.2 Å². The van der Waals surface area contributed by atoms with Crippen LogP contribution in [0.2, 0.25) is 0 Å². The Morgan fingerprint density at radius 3 is 2.28 bits per heavy atom. The molecule has 0 spiro atoms. The van der Waals surface area contributed by atoms with Crippen LogP contribution < -0.4 is 19.7 Å². The molecule has 7 heteroatoms. The van der Waals surface area contributed by atoms with E-state index in [2.05, 4.69) is 19.2 Å². The van der Waals surface area contributed by atoms with Crippen molar-refractivity contribution >= 4 is 17.5 Å². The zero-order valence-corrected chi connectivity index (χ0v) is 21.3. The van der Waals surface area contributed by atoms with Crippen LogP contribution in [0, 0.1) is 0 Å². The lowest BCUT2D eigenvalue weighted by Crippen LogP contribution is -2.46. The molecule has 2 amide bonds. The standard InChI is InChI=1S/C29H34N2O5/c1-19(2)20-14-16-22(17-15-20)31(29(33)25-13-8-18-36-25)26(28(32)30-21-9-5-6-10-21)23-11-7-12-24(34-3)27(23)35-4/h7-8,11-19,21,26H,5-6,9-10H2,1-4H3,(H,30,32)/t26-/m1/s1. The molecule has 1 fully saturated rings. The molecule has 190 valence electrons. The number of ether oxygens (including phenoxy) is 2. The number of furan rings is 1. The average molecular weight is 491 g/mol. The summed E-state index contributed by atoms with van der Waals surface area (Å²) < 4.78 is 16.7. The summed E-state index contributed by atoms with van der Waals surface area (Å²) in [7, 11) is 3.08. The van der Waals surface area contributed by atoms with Gasteiger partial charge in [-0.15, -0.1) is 0 Å². The van der Waals surface area contributed by atoms with Crippen molar-refractivity contribution in [2.75, 3.05) is 19.1 Å². The number of hydrogen-bond donors (Lipinski definition) is 1. The molecule has 36 heavy (non-hydrogen) atoms. The van der Waals surface area contributed by atoms with Gasteiger partial charge in [-0.1, -0.05) is 51.0 Å². The first-order valence-electron chi connectivity index (χ1n) is 12.4. The number of anilines is 1. The third kappa shape index (κ3) is 5.25. The van der Waals surface area contributed by atoms with E-state index in [1.165, 1.54) is 18.3 Å². The SMILES string of the molecule is COc1cccc([C@H](C(=O)NC2CCCC2)N(C(=O)c2ccco2)c2ccc(C(C)C)cc2)c1OC. The second-order valence-electron chi connectivity index (χ2n) is 9.37. The van der Waals surface area contributed by atoms with Gasteiger partial charge in [-0.05, 0) is 54.7 Å². The van der Waals surface area contributed by atoms with E-state index in [1.54, 1.807) is 37.4 Å². The molecule has 4 rings (SSSR count). The number of hydrogen-bond acceptors (Lipinski definition) is 5. The van der Waals surface area contributed by atoms with Gasteiger partial charge in [0, 0.05) is 17.3 Å². The predicted molar refractivity (Wildman–Crippen MR) is 139 cm³/mol. The highest BCUT2D eigenvalue weighted by Crippen LogP contribution is 2.40. The molecule has 2 aromatic carbocycles. The second-order valence-corrected chi connectivity index (χ2v) is 9.37. The third-order valence-corrected chi connectivity index (χ3v) is 6.72. The summed E-state index contributed by atoms with van der Waals surface area (Å²) in [6.07, 6.45) is 5.44. The lowest BCUT2D eigenvalue weighted by atomic mass is 9.99. The van der Waals surface area contributed by atoms with Crippen molar-refractivity contribution < 1.29 is 23.5 Å². The third-order valence-electron chi connectivity index (χ3n) is 6.72. The van der Waals surface area contributed by atoms with Gasteiger partial charge in [0.25, 0.3) is 5.91 Å². The zero-order valence-electron chi connectivity index (χ0n) is 21.3. The highest BCUT2D eigenvalue weighted by molar-refractivity contribution is 6.09. The molecule has 0 unspecified atom stereocenters. The fraction of sp³-hybridized carbons (Fsp3) is 0.379. The molecule has 1 aliphatic carbocycles. The number of nitrogens with one attached hydrogen (secondary N) is 1. The molecule has 1 aromatic heterocycles. The minimum atomic E-state index is -1.02. The number of carbonyl (C=O) groups excluding carboxylic acids is 2. The Balaban J connectivity index is 1.88. The lowest BCUT2D eigenvalue weighted by Gasteiger charge is -2.33. The maximum absolute atomic E-state index is 14.0. The molecule has 1 aliphatic rings. The minimum Gasteiger partial charge on any atom is -0.493 e. The number of rotatable bonds is 9. The summed E-state index contributed by atoms with van der Waals surface area (Å²) in [6, 6.07) is 15.4. The highest BCUT2D eigenvalue weighted by Gasteiger charge is 2.38. The van der Waals surface area contributed by atoms with Crippen LogP contribution in [0.25, 0.3) is 0 Å². The van der Waals surface area contributed by atoms with Crippen LogP contribution in [-0.4, -0.2) is 32.1 Å². The quantitative estimate of drug-likeness (QED) is 0.406. The molecule has 0 radical (unpaired) electrons. The van der Waals surface area contributed by atoms with Gasteiger partial charge in [0.15, 0.2) is 17.3 Å². The van der Waals surface area contributed by atoms with Crippen molar-refractivity contribution in [1.82, 2.24) is 5.32 Å². The van der Waals surface area contributed by atoms with Crippen LogP contribution >= 0.6 is 0 Å². The summed E-state index contributed by atoms with van der Waals surface area (Å²) in [4.78, 5) is 29.4. The van der Waals surface area contributed by atoms with Gasteiger partial charge in [-0.25, -0.2) is 0 Å². The first-order valence-corrected chi connectivity index (χ1v) is 12.4. The van der Waals surface area contributed by atoms with Crippen LogP contribution in [0.4, 0.5) is 5.69 Å². The van der Waals surface area contributed by atoms with E-state index in [-0.39, 0.29) is 17.7 Å². The monoisotopic (exact) mass is 490 g/mol. The van der Waals surface area contributed by atoms with Crippen molar-refractivity contribution in [2.24, 2.45) is 0 Å². The van der Waals surface area contributed by atoms with Gasteiger partial charge >= 0.3 is 0 Å². The molecular formula is C29H34N2O5. The van der Waals surface area contributed by atoms with E-state index in [9.17, 15) is 9.59 Å². The fourth-order valence-corrected chi connectivity index (χ4v) is 4.80. The first kappa shape index (κ1) is 25.4. The fourth-order valence-electron chi connectivity index (χ4n) is 4.80. The van der Waals surface area contributed by atoms with Crippen LogP contribution in [0.5, 0.6) is 11.5 Å². The summed E-state index contributed by atoms with van der Waals surface area (Å²) in [5, 5.41) is 3.19. The Morgan fingerprint density at radius 1 is 0.972 bits per heavy atom. The molecule has 1 heterocycles. The van der Waals surface area contributed by atoms with Gasteiger partial charge < -0.3 is 19.2 Å².